The molecule has 11 heteroatoms. The topological polar surface area (TPSA) is 69.0 Å². The van der Waals surface area contributed by atoms with Crippen molar-refractivity contribution in [3.05, 3.63) is 89.4 Å². The minimum Gasteiger partial charge on any atom is -0.406 e. The van der Waals surface area contributed by atoms with E-state index in [1.165, 1.54) is 30.3 Å². The predicted molar refractivity (Wildman–Crippen MR) is 116 cm³/mol. The number of pyridine rings is 1. The van der Waals surface area contributed by atoms with Crippen molar-refractivity contribution >= 4 is 17.1 Å². The molecular weight excluding hydrogens is 471 g/mol. The van der Waals surface area contributed by atoms with Crippen molar-refractivity contribution in [3.8, 4) is 5.75 Å². The number of imidazole rings is 1. The summed E-state index contributed by atoms with van der Waals surface area (Å²) in [6, 6.07) is 12.3. The van der Waals surface area contributed by atoms with Gasteiger partial charge in [0.15, 0.2) is 17.3 Å². The van der Waals surface area contributed by atoms with Crippen LogP contribution in [0.3, 0.4) is 0 Å². The highest BCUT2D eigenvalue weighted by molar-refractivity contribution is 5.76. The molecule has 0 bridgehead atoms. The summed E-state index contributed by atoms with van der Waals surface area (Å²) >= 11 is 0. The maximum atomic E-state index is 13.7. The van der Waals surface area contributed by atoms with Gasteiger partial charge in [-0.2, -0.15) is 0 Å². The number of alkyl halides is 3. The van der Waals surface area contributed by atoms with Crippen molar-refractivity contribution in [1.82, 2.24) is 19.9 Å². The summed E-state index contributed by atoms with van der Waals surface area (Å²) in [4.78, 5) is 21.2. The summed E-state index contributed by atoms with van der Waals surface area (Å²) in [7, 11) is 0. The zero-order valence-electron chi connectivity index (χ0n) is 18.1. The third-order valence-corrected chi connectivity index (χ3v) is 5.13. The van der Waals surface area contributed by atoms with Crippen LogP contribution in [-0.2, 0) is 24.3 Å². The molecule has 35 heavy (non-hydrogen) atoms. The fourth-order valence-electron chi connectivity index (χ4n) is 3.51. The monoisotopic (exact) mass is 490 g/mol. The fraction of sp³-hybridized carbons (Fsp3) is 0.208. The number of rotatable bonds is 8. The molecule has 0 radical (unpaired) electrons. The van der Waals surface area contributed by atoms with Crippen LogP contribution in [0, 0.1) is 11.6 Å². The summed E-state index contributed by atoms with van der Waals surface area (Å²) in [5.41, 5.74) is 2.26. The molecule has 2 aromatic carbocycles. The molecule has 6 nitrogen and oxygen atoms in total. The van der Waals surface area contributed by atoms with Crippen LogP contribution < -0.4 is 10.1 Å². The number of fused-ring (bicyclic) bond motifs is 1. The van der Waals surface area contributed by atoms with E-state index in [1.807, 2.05) is 0 Å². The third-order valence-electron chi connectivity index (χ3n) is 5.13. The van der Waals surface area contributed by atoms with E-state index in [2.05, 4.69) is 20.0 Å². The molecular formula is C24H19F5N4O2. The van der Waals surface area contributed by atoms with Gasteiger partial charge in [-0.3, -0.25) is 4.79 Å². The Hall–Kier alpha value is -4.02. The number of aryl methyl sites for hydroxylation is 1. The lowest BCUT2D eigenvalue weighted by Gasteiger charge is -2.11. The second-order valence-corrected chi connectivity index (χ2v) is 7.68. The van der Waals surface area contributed by atoms with Crippen LogP contribution in [0.2, 0.25) is 0 Å². The van der Waals surface area contributed by atoms with E-state index < -0.39 is 18.0 Å². The highest BCUT2D eigenvalue weighted by atomic mass is 19.4. The summed E-state index contributed by atoms with van der Waals surface area (Å²) in [5, 5.41) is 2.71. The maximum Gasteiger partial charge on any atom is 0.573 e. The standard InChI is InChI=1S/C24H19F5N4O2/c25-18-8-5-16(12-19(18)26)14-33-21(32-20-2-1-11-30-23(20)33)9-10-22(34)31-13-15-3-6-17(7-4-15)35-24(27,28)29/h1-8,11-12H,9-10,13-14H2,(H,31,34). The van der Waals surface area contributed by atoms with Crippen molar-refractivity contribution in [1.29, 1.82) is 0 Å². The Morgan fingerprint density at radius 3 is 2.46 bits per heavy atom. The van der Waals surface area contributed by atoms with Gasteiger partial charge >= 0.3 is 6.36 Å². The molecule has 0 saturated carbocycles. The first-order valence-electron chi connectivity index (χ1n) is 10.5. The number of halogens is 5. The Morgan fingerprint density at radius 2 is 1.74 bits per heavy atom. The lowest BCUT2D eigenvalue weighted by atomic mass is 10.2. The van der Waals surface area contributed by atoms with Crippen LogP contribution in [0.4, 0.5) is 22.0 Å². The highest BCUT2D eigenvalue weighted by Gasteiger charge is 2.30. The van der Waals surface area contributed by atoms with E-state index in [9.17, 15) is 26.7 Å². The molecule has 0 unspecified atom stereocenters. The Kier molecular flexibility index (Phi) is 6.94. The number of aromatic nitrogens is 3. The largest absolute Gasteiger partial charge is 0.573 e. The number of nitrogens with one attached hydrogen (secondary N) is 1. The normalized spacial score (nSPS) is 11.6. The van der Waals surface area contributed by atoms with Gasteiger partial charge < -0.3 is 14.6 Å². The van der Waals surface area contributed by atoms with Gasteiger partial charge in [-0.05, 0) is 47.5 Å². The zero-order valence-corrected chi connectivity index (χ0v) is 18.1. The van der Waals surface area contributed by atoms with Crippen molar-refractivity contribution in [2.45, 2.75) is 32.3 Å². The molecule has 0 aliphatic rings. The number of hydrogen-bond donors (Lipinski definition) is 1. The molecule has 0 spiro atoms. The molecule has 1 amide bonds. The van der Waals surface area contributed by atoms with Crippen LogP contribution in [0.25, 0.3) is 11.2 Å². The molecule has 0 aliphatic carbocycles. The first-order chi connectivity index (χ1) is 16.7. The molecule has 0 aliphatic heterocycles. The van der Waals surface area contributed by atoms with Crippen molar-refractivity contribution in [2.75, 3.05) is 0 Å². The Bertz CT molecular complexity index is 1340. The second-order valence-electron chi connectivity index (χ2n) is 7.68. The number of amides is 1. The van der Waals surface area contributed by atoms with Gasteiger partial charge in [-0.1, -0.05) is 18.2 Å². The molecule has 4 rings (SSSR count). The average Bonchev–Trinajstić information content (AvgIpc) is 3.16. The first kappa shape index (κ1) is 24.1. The number of carbonyl (C=O) groups is 1. The Balaban J connectivity index is 1.40. The molecule has 4 aromatic rings. The van der Waals surface area contributed by atoms with Crippen LogP contribution in [0.5, 0.6) is 5.75 Å². The van der Waals surface area contributed by atoms with Gasteiger partial charge in [-0.15, -0.1) is 13.2 Å². The van der Waals surface area contributed by atoms with Gasteiger partial charge in [0.2, 0.25) is 5.91 Å². The van der Waals surface area contributed by atoms with E-state index in [-0.39, 0.29) is 37.6 Å². The molecule has 1 N–H and O–H groups in total. The van der Waals surface area contributed by atoms with E-state index in [1.54, 1.807) is 22.9 Å². The summed E-state index contributed by atoms with van der Waals surface area (Å²) in [6.45, 7) is 0.311. The highest BCUT2D eigenvalue weighted by Crippen LogP contribution is 2.23. The zero-order chi connectivity index (χ0) is 25.0. The number of carbonyl (C=O) groups excluding carboxylic acids is 1. The smallest absolute Gasteiger partial charge is 0.406 e. The number of ether oxygens (including phenoxy) is 1. The van der Waals surface area contributed by atoms with Crippen LogP contribution in [0.1, 0.15) is 23.4 Å². The third kappa shape index (κ3) is 6.31. The van der Waals surface area contributed by atoms with Gasteiger partial charge in [0.05, 0.1) is 6.54 Å². The van der Waals surface area contributed by atoms with E-state index in [0.717, 1.165) is 12.1 Å². The molecule has 182 valence electrons. The van der Waals surface area contributed by atoms with Crippen LogP contribution in [0.15, 0.2) is 60.8 Å². The van der Waals surface area contributed by atoms with E-state index >= 15 is 0 Å². The van der Waals surface area contributed by atoms with E-state index in [4.69, 9.17) is 0 Å². The minimum absolute atomic E-state index is 0.0797. The molecule has 2 heterocycles. The number of hydrogen-bond acceptors (Lipinski definition) is 4. The molecule has 2 aromatic heterocycles. The average molecular weight is 490 g/mol. The van der Waals surface area contributed by atoms with Gasteiger partial charge in [0, 0.05) is 25.6 Å². The Morgan fingerprint density at radius 1 is 1.00 bits per heavy atom. The predicted octanol–water partition coefficient (Wildman–Crippen LogP) is 4.91. The van der Waals surface area contributed by atoms with Crippen LogP contribution in [-0.4, -0.2) is 26.8 Å². The van der Waals surface area contributed by atoms with Gasteiger partial charge in [0.1, 0.15) is 17.1 Å². The molecule has 0 fully saturated rings. The lowest BCUT2D eigenvalue weighted by Crippen LogP contribution is -2.23. The van der Waals surface area contributed by atoms with Gasteiger partial charge in [-0.25, -0.2) is 18.7 Å². The van der Waals surface area contributed by atoms with Gasteiger partial charge in [0.25, 0.3) is 0 Å². The van der Waals surface area contributed by atoms with Crippen molar-refractivity contribution in [2.24, 2.45) is 0 Å². The maximum absolute atomic E-state index is 13.7. The first-order valence-corrected chi connectivity index (χ1v) is 10.5. The van der Waals surface area contributed by atoms with E-state index in [0.29, 0.717) is 28.1 Å². The van der Waals surface area contributed by atoms with Crippen LogP contribution >= 0.6 is 0 Å². The second kappa shape index (κ2) is 10.1. The summed E-state index contributed by atoms with van der Waals surface area (Å²) in [5.74, 6) is -1.99. The number of nitrogens with zero attached hydrogens (tertiary/aromatic N) is 3. The number of benzene rings is 2. The summed E-state index contributed by atoms with van der Waals surface area (Å²) in [6.07, 6.45) is -2.85. The quantitative estimate of drug-likeness (QED) is 0.357. The Labute approximate surface area is 196 Å². The minimum atomic E-state index is -4.77. The SMILES string of the molecule is O=C(CCc1nc2cccnc2n1Cc1ccc(F)c(F)c1)NCc1ccc(OC(F)(F)F)cc1. The fourth-order valence-corrected chi connectivity index (χ4v) is 3.51. The molecule has 0 atom stereocenters. The molecule has 0 saturated heterocycles. The summed E-state index contributed by atoms with van der Waals surface area (Å²) < 4.78 is 69.3. The lowest BCUT2D eigenvalue weighted by molar-refractivity contribution is -0.274. The van der Waals surface area contributed by atoms with Crippen molar-refractivity contribution < 1.29 is 31.5 Å². The van der Waals surface area contributed by atoms with Crippen molar-refractivity contribution in [3.63, 3.8) is 0 Å².